The van der Waals surface area contributed by atoms with Gasteiger partial charge in [-0.05, 0) is 43.7 Å². The molecule has 0 fully saturated rings. The van der Waals surface area contributed by atoms with Gasteiger partial charge in [0, 0.05) is 6.07 Å². The van der Waals surface area contributed by atoms with Crippen molar-refractivity contribution in [1.82, 2.24) is 5.32 Å². The molecule has 31 heavy (non-hydrogen) atoms. The van der Waals surface area contributed by atoms with E-state index in [2.05, 4.69) is 5.32 Å². The van der Waals surface area contributed by atoms with Gasteiger partial charge >= 0.3 is 0 Å². The number of nitrogens with one attached hydrogen (secondary N) is 1. The quantitative estimate of drug-likeness (QED) is 0.626. The second-order valence-electron chi connectivity index (χ2n) is 6.85. The van der Waals surface area contributed by atoms with Crippen molar-refractivity contribution >= 4 is 21.6 Å². The molecule has 0 saturated carbocycles. The third-order valence-electron chi connectivity index (χ3n) is 4.92. The van der Waals surface area contributed by atoms with Crippen LogP contribution in [0.1, 0.15) is 25.5 Å². The Morgan fingerprint density at radius 3 is 2.48 bits per heavy atom. The van der Waals surface area contributed by atoms with Gasteiger partial charge in [0.1, 0.15) is 6.54 Å². The van der Waals surface area contributed by atoms with Crippen LogP contribution in [0.5, 0.6) is 23.0 Å². The molecule has 0 aromatic heterocycles. The van der Waals surface area contributed by atoms with Crippen molar-refractivity contribution in [3.8, 4) is 23.0 Å². The molecule has 0 aliphatic carbocycles. The molecule has 1 amide bonds. The molecule has 1 heterocycles. The Labute approximate surface area is 181 Å². The molecular formula is C21H26N2O7S. The summed E-state index contributed by atoms with van der Waals surface area (Å²) in [4.78, 5) is 12.8. The van der Waals surface area contributed by atoms with E-state index in [4.69, 9.17) is 18.9 Å². The number of sulfonamides is 1. The Hall–Kier alpha value is -3.14. The standard InChI is InChI=1S/C21H26N2O7S/c1-5-31(25,26)23(16-7-9-18-20(11-16)30-13-29-18)12-21(24)22-14(2)15-6-8-17(27-3)19(10-15)28-4/h6-11,14H,5,12-13H2,1-4H3,(H,22,24)/t14-/m0/s1. The van der Waals surface area contributed by atoms with Crippen LogP contribution in [0, 0.1) is 0 Å². The number of fused-ring (bicyclic) bond motifs is 1. The fourth-order valence-corrected chi connectivity index (χ4v) is 4.23. The Morgan fingerprint density at radius 1 is 1.10 bits per heavy atom. The molecule has 168 valence electrons. The highest BCUT2D eigenvalue weighted by atomic mass is 32.2. The van der Waals surface area contributed by atoms with E-state index >= 15 is 0 Å². The van der Waals surface area contributed by atoms with E-state index in [0.29, 0.717) is 28.7 Å². The number of hydrogen-bond acceptors (Lipinski definition) is 7. The number of ether oxygens (including phenoxy) is 4. The van der Waals surface area contributed by atoms with E-state index in [0.717, 1.165) is 9.87 Å². The molecule has 1 aliphatic rings. The van der Waals surface area contributed by atoms with Gasteiger partial charge < -0.3 is 24.3 Å². The van der Waals surface area contributed by atoms with Crippen molar-refractivity contribution in [2.75, 3.05) is 37.6 Å². The number of amides is 1. The second kappa shape index (κ2) is 9.34. The fraction of sp³-hybridized carbons (Fsp3) is 0.381. The van der Waals surface area contributed by atoms with Crippen LogP contribution in [-0.2, 0) is 14.8 Å². The SMILES string of the molecule is CCS(=O)(=O)N(CC(=O)N[C@@H](C)c1ccc(OC)c(OC)c1)c1ccc2c(c1)OCO2. The lowest BCUT2D eigenvalue weighted by Gasteiger charge is -2.25. The van der Waals surface area contributed by atoms with Crippen LogP contribution in [0.25, 0.3) is 0 Å². The molecule has 3 rings (SSSR count). The Morgan fingerprint density at radius 2 is 1.81 bits per heavy atom. The van der Waals surface area contributed by atoms with Crippen LogP contribution in [0.2, 0.25) is 0 Å². The van der Waals surface area contributed by atoms with E-state index in [1.807, 2.05) is 6.07 Å². The first-order valence-electron chi connectivity index (χ1n) is 9.70. The van der Waals surface area contributed by atoms with Crippen LogP contribution in [0.4, 0.5) is 5.69 Å². The average molecular weight is 451 g/mol. The Kier molecular flexibility index (Phi) is 6.79. The van der Waals surface area contributed by atoms with Gasteiger partial charge in [0.2, 0.25) is 22.7 Å². The molecule has 0 bridgehead atoms. The van der Waals surface area contributed by atoms with E-state index < -0.39 is 15.9 Å². The van der Waals surface area contributed by atoms with Crippen LogP contribution >= 0.6 is 0 Å². The molecular weight excluding hydrogens is 424 g/mol. The van der Waals surface area contributed by atoms with Gasteiger partial charge in [-0.25, -0.2) is 8.42 Å². The number of anilines is 1. The first-order chi connectivity index (χ1) is 14.8. The number of hydrogen-bond donors (Lipinski definition) is 1. The predicted molar refractivity (Wildman–Crippen MR) is 115 cm³/mol. The molecule has 2 aromatic carbocycles. The fourth-order valence-electron chi connectivity index (χ4n) is 3.17. The minimum atomic E-state index is -3.71. The normalized spacial score (nSPS) is 13.4. The van der Waals surface area contributed by atoms with Gasteiger partial charge in [-0.15, -0.1) is 0 Å². The summed E-state index contributed by atoms with van der Waals surface area (Å²) < 4.78 is 47.6. The number of carbonyl (C=O) groups is 1. The summed E-state index contributed by atoms with van der Waals surface area (Å²) >= 11 is 0. The Bertz CT molecular complexity index is 1060. The average Bonchev–Trinajstić information content (AvgIpc) is 3.24. The summed E-state index contributed by atoms with van der Waals surface area (Å²) in [5.41, 5.74) is 1.12. The summed E-state index contributed by atoms with van der Waals surface area (Å²) in [7, 11) is -0.632. The number of methoxy groups -OCH3 is 2. The molecule has 2 aromatic rings. The first kappa shape index (κ1) is 22.5. The minimum Gasteiger partial charge on any atom is -0.493 e. The largest absolute Gasteiger partial charge is 0.493 e. The zero-order valence-corrected chi connectivity index (χ0v) is 18.7. The van der Waals surface area contributed by atoms with Crippen molar-refractivity contribution in [2.24, 2.45) is 0 Å². The van der Waals surface area contributed by atoms with E-state index in [9.17, 15) is 13.2 Å². The lowest BCUT2D eigenvalue weighted by atomic mass is 10.1. The molecule has 1 atom stereocenters. The van der Waals surface area contributed by atoms with Gasteiger partial charge in [0.15, 0.2) is 23.0 Å². The second-order valence-corrected chi connectivity index (χ2v) is 9.03. The minimum absolute atomic E-state index is 0.0721. The van der Waals surface area contributed by atoms with Crippen LogP contribution in [0.15, 0.2) is 36.4 Å². The first-order valence-corrected chi connectivity index (χ1v) is 11.3. The zero-order chi connectivity index (χ0) is 22.6. The maximum Gasteiger partial charge on any atom is 0.241 e. The summed E-state index contributed by atoms with van der Waals surface area (Å²) in [5.74, 6) is 1.48. The lowest BCUT2D eigenvalue weighted by Crippen LogP contribution is -2.42. The summed E-state index contributed by atoms with van der Waals surface area (Å²) in [6.07, 6.45) is 0. The predicted octanol–water partition coefficient (Wildman–Crippen LogP) is 2.47. The molecule has 9 nitrogen and oxygen atoms in total. The number of rotatable bonds is 9. The van der Waals surface area contributed by atoms with Crippen molar-refractivity contribution in [2.45, 2.75) is 19.9 Å². The van der Waals surface area contributed by atoms with Crippen LogP contribution < -0.4 is 28.6 Å². The van der Waals surface area contributed by atoms with Gasteiger partial charge in [-0.1, -0.05) is 6.07 Å². The number of carbonyl (C=O) groups excluding carboxylic acids is 1. The third kappa shape index (κ3) is 4.96. The van der Waals surface area contributed by atoms with Crippen molar-refractivity contribution < 1.29 is 32.2 Å². The zero-order valence-electron chi connectivity index (χ0n) is 17.9. The molecule has 0 radical (unpaired) electrons. The Balaban J connectivity index is 1.78. The van der Waals surface area contributed by atoms with E-state index in [-0.39, 0.29) is 25.1 Å². The molecule has 1 aliphatic heterocycles. The summed E-state index contributed by atoms with van der Waals surface area (Å²) in [5, 5.41) is 2.84. The van der Waals surface area contributed by atoms with Crippen LogP contribution in [0.3, 0.4) is 0 Å². The molecule has 0 unspecified atom stereocenters. The van der Waals surface area contributed by atoms with Crippen molar-refractivity contribution in [3.05, 3.63) is 42.0 Å². The molecule has 10 heteroatoms. The van der Waals surface area contributed by atoms with Gasteiger partial charge in [-0.3, -0.25) is 9.10 Å². The lowest BCUT2D eigenvalue weighted by molar-refractivity contribution is -0.120. The summed E-state index contributed by atoms with van der Waals surface area (Å²) in [6.45, 7) is 3.04. The van der Waals surface area contributed by atoms with Gasteiger partial charge in [0.25, 0.3) is 0 Å². The van der Waals surface area contributed by atoms with E-state index in [1.165, 1.54) is 14.0 Å². The van der Waals surface area contributed by atoms with Crippen molar-refractivity contribution in [1.29, 1.82) is 0 Å². The maximum atomic E-state index is 12.8. The van der Waals surface area contributed by atoms with Crippen molar-refractivity contribution in [3.63, 3.8) is 0 Å². The number of nitrogens with zero attached hydrogens (tertiary/aromatic N) is 1. The molecule has 0 spiro atoms. The smallest absolute Gasteiger partial charge is 0.241 e. The topological polar surface area (TPSA) is 103 Å². The highest BCUT2D eigenvalue weighted by molar-refractivity contribution is 7.92. The molecule has 0 saturated heterocycles. The van der Waals surface area contributed by atoms with Crippen LogP contribution in [-0.4, -0.2) is 47.6 Å². The number of benzene rings is 2. The highest BCUT2D eigenvalue weighted by Gasteiger charge is 2.26. The summed E-state index contributed by atoms with van der Waals surface area (Å²) in [6, 6.07) is 9.71. The third-order valence-corrected chi connectivity index (χ3v) is 6.66. The molecule has 1 N–H and O–H groups in total. The van der Waals surface area contributed by atoms with Gasteiger partial charge in [-0.2, -0.15) is 0 Å². The van der Waals surface area contributed by atoms with Gasteiger partial charge in [0.05, 0.1) is 31.7 Å². The highest BCUT2D eigenvalue weighted by Crippen LogP contribution is 2.36. The van der Waals surface area contributed by atoms with E-state index in [1.54, 1.807) is 44.4 Å². The monoisotopic (exact) mass is 450 g/mol. The maximum absolute atomic E-state index is 12.8.